The summed E-state index contributed by atoms with van der Waals surface area (Å²) in [6.07, 6.45) is 2.03. The molecule has 0 aliphatic carbocycles. The monoisotopic (exact) mass is 475 g/mol. The summed E-state index contributed by atoms with van der Waals surface area (Å²) in [7, 11) is 1.60. The van der Waals surface area contributed by atoms with Crippen LogP contribution >= 0.6 is 11.6 Å². The number of benzene rings is 2. The van der Waals surface area contributed by atoms with Gasteiger partial charge in [0.05, 0.1) is 18.5 Å². The Labute approximate surface area is 200 Å². The number of nitrogens with zero attached hydrogens (tertiary/aromatic N) is 3. The van der Waals surface area contributed by atoms with Gasteiger partial charge in [-0.05, 0) is 60.5 Å². The molecule has 8 nitrogen and oxygen atoms in total. The molecule has 0 bridgehead atoms. The molecule has 34 heavy (non-hydrogen) atoms. The number of hydrogen-bond donors (Lipinski definition) is 2. The zero-order valence-electron chi connectivity index (χ0n) is 18.4. The van der Waals surface area contributed by atoms with Crippen molar-refractivity contribution in [3.8, 4) is 22.7 Å². The van der Waals surface area contributed by atoms with Crippen LogP contribution in [-0.4, -0.2) is 34.5 Å². The van der Waals surface area contributed by atoms with Crippen LogP contribution in [0.3, 0.4) is 0 Å². The quantitative estimate of drug-likeness (QED) is 0.463. The van der Waals surface area contributed by atoms with Gasteiger partial charge < -0.3 is 10.1 Å². The van der Waals surface area contributed by atoms with Crippen molar-refractivity contribution < 1.29 is 9.53 Å². The fourth-order valence-electron chi connectivity index (χ4n) is 4.05. The van der Waals surface area contributed by atoms with E-state index >= 15 is 0 Å². The Balaban J connectivity index is 1.46. The molecule has 5 rings (SSSR count). The Morgan fingerprint density at radius 2 is 1.91 bits per heavy atom. The van der Waals surface area contributed by atoms with Crippen molar-refractivity contribution in [3.63, 3.8) is 0 Å². The van der Waals surface area contributed by atoms with E-state index < -0.39 is 0 Å². The van der Waals surface area contributed by atoms with Gasteiger partial charge in [-0.1, -0.05) is 23.7 Å². The molecule has 1 aliphatic rings. The van der Waals surface area contributed by atoms with Gasteiger partial charge in [0.2, 0.25) is 0 Å². The lowest BCUT2D eigenvalue weighted by molar-refractivity contribution is 0.246. The van der Waals surface area contributed by atoms with Crippen LogP contribution in [0.4, 0.5) is 10.6 Å². The number of fused-ring (bicyclic) bond motifs is 3. The summed E-state index contributed by atoms with van der Waals surface area (Å²) in [6.45, 7) is 0.670. The first-order chi connectivity index (χ1) is 16.5. The van der Waals surface area contributed by atoms with E-state index in [2.05, 4.69) is 15.4 Å². The van der Waals surface area contributed by atoms with Crippen molar-refractivity contribution in [3.05, 3.63) is 93.4 Å². The number of aromatic amines is 1. The normalized spacial score (nSPS) is 12.5. The minimum absolute atomic E-state index is 0.154. The number of methoxy groups -OCH3 is 1. The van der Waals surface area contributed by atoms with Crippen molar-refractivity contribution >= 4 is 23.4 Å². The fraction of sp³-hybridized carbons (Fsp3) is 0.160. The van der Waals surface area contributed by atoms with Crippen LogP contribution in [0.1, 0.15) is 11.1 Å². The standard InChI is InChI=1S/C25H22ClN5O3/c1-34-19-10-8-18(9-11-19)31-24(32)21-12-14-30(23-20(22(21)29-31)3-2-13-27-23)25(33)28-15-16-4-6-17(26)7-5-16/h2-11,13,29H,12,14-15H2,1H3,(H,28,33). The molecular weight excluding hydrogens is 454 g/mol. The van der Waals surface area contributed by atoms with E-state index in [4.69, 9.17) is 16.3 Å². The molecule has 172 valence electrons. The van der Waals surface area contributed by atoms with Gasteiger partial charge in [0.15, 0.2) is 0 Å². The SMILES string of the molecule is COc1ccc(-n2[nH]c3c(c2=O)CCN(C(=O)NCc2ccc(Cl)cc2)c2ncccc2-3)cc1. The summed E-state index contributed by atoms with van der Waals surface area (Å²) in [5.41, 5.74) is 3.44. The van der Waals surface area contributed by atoms with Crippen molar-refractivity contribution in [1.82, 2.24) is 20.1 Å². The van der Waals surface area contributed by atoms with Crippen LogP contribution in [-0.2, 0) is 13.0 Å². The summed E-state index contributed by atoms with van der Waals surface area (Å²) in [5, 5.41) is 6.80. The average Bonchev–Trinajstić information content (AvgIpc) is 3.10. The number of anilines is 1. The molecule has 9 heteroatoms. The molecule has 0 atom stereocenters. The Hall–Kier alpha value is -4.04. The van der Waals surface area contributed by atoms with Crippen LogP contribution < -0.4 is 20.5 Å². The predicted molar refractivity (Wildman–Crippen MR) is 131 cm³/mol. The Kier molecular flexibility index (Phi) is 5.81. The first-order valence-corrected chi connectivity index (χ1v) is 11.2. The van der Waals surface area contributed by atoms with Crippen LogP contribution in [0.25, 0.3) is 16.9 Å². The molecule has 0 spiro atoms. The summed E-state index contributed by atoms with van der Waals surface area (Å²) in [5.74, 6) is 1.21. The molecule has 0 saturated heterocycles. The van der Waals surface area contributed by atoms with Gasteiger partial charge >= 0.3 is 6.03 Å². The first-order valence-electron chi connectivity index (χ1n) is 10.8. The van der Waals surface area contributed by atoms with E-state index in [9.17, 15) is 9.59 Å². The summed E-state index contributed by atoms with van der Waals surface area (Å²) in [4.78, 5) is 32.5. The number of carbonyl (C=O) groups is 1. The van der Waals surface area contributed by atoms with Crippen LogP contribution in [0.15, 0.2) is 71.7 Å². The van der Waals surface area contributed by atoms with Crippen molar-refractivity contribution in [1.29, 1.82) is 0 Å². The molecule has 0 unspecified atom stereocenters. The van der Waals surface area contributed by atoms with Crippen LogP contribution in [0.2, 0.25) is 5.02 Å². The lowest BCUT2D eigenvalue weighted by Gasteiger charge is -2.22. The molecule has 1 aliphatic heterocycles. The van der Waals surface area contributed by atoms with Crippen molar-refractivity contribution in [2.75, 3.05) is 18.6 Å². The maximum absolute atomic E-state index is 13.3. The second kappa shape index (κ2) is 9.07. The summed E-state index contributed by atoms with van der Waals surface area (Å²) < 4.78 is 6.72. The molecule has 0 saturated carbocycles. The van der Waals surface area contributed by atoms with Gasteiger partial charge in [0.1, 0.15) is 11.6 Å². The van der Waals surface area contributed by atoms with Crippen molar-refractivity contribution in [2.24, 2.45) is 0 Å². The number of pyridine rings is 1. The van der Waals surface area contributed by atoms with E-state index in [1.54, 1.807) is 48.5 Å². The predicted octanol–water partition coefficient (Wildman–Crippen LogP) is 4.16. The smallest absolute Gasteiger partial charge is 0.323 e. The molecule has 2 aromatic carbocycles. The van der Waals surface area contributed by atoms with Crippen molar-refractivity contribution in [2.45, 2.75) is 13.0 Å². The number of nitrogens with one attached hydrogen (secondary N) is 2. The third kappa shape index (κ3) is 4.04. The van der Waals surface area contributed by atoms with Gasteiger partial charge in [-0.2, -0.15) is 0 Å². The molecule has 3 heterocycles. The highest BCUT2D eigenvalue weighted by Crippen LogP contribution is 2.33. The number of hydrogen-bond acceptors (Lipinski definition) is 4. The Bertz CT molecular complexity index is 1390. The molecule has 4 aromatic rings. The third-order valence-electron chi connectivity index (χ3n) is 5.82. The number of urea groups is 1. The number of halogens is 1. The highest BCUT2D eigenvalue weighted by molar-refractivity contribution is 6.30. The van der Waals surface area contributed by atoms with E-state index in [-0.39, 0.29) is 11.6 Å². The molecule has 2 aromatic heterocycles. The number of aromatic nitrogens is 3. The second-order valence-electron chi connectivity index (χ2n) is 7.87. The Morgan fingerprint density at radius 3 is 2.65 bits per heavy atom. The minimum Gasteiger partial charge on any atom is -0.497 e. The Morgan fingerprint density at radius 1 is 1.15 bits per heavy atom. The molecule has 0 radical (unpaired) electrons. The van der Waals surface area contributed by atoms with Gasteiger partial charge in [0, 0.05) is 35.4 Å². The maximum Gasteiger partial charge on any atom is 0.323 e. The van der Waals surface area contributed by atoms with E-state index in [1.807, 2.05) is 30.3 Å². The third-order valence-corrected chi connectivity index (χ3v) is 6.07. The van der Waals surface area contributed by atoms with Crippen LogP contribution in [0.5, 0.6) is 5.75 Å². The molecule has 2 amide bonds. The zero-order chi connectivity index (χ0) is 23.7. The molecule has 0 fully saturated rings. The largest absolute Gasteiger partial charge is 0.497 e. The first kappa shape index (κ1) is 21.8. The van der Waals surface area contributed by atoms with Crippen LogP contribution in [0, 0.1) is 0 Å². The molecular formula is C25H22ClN5O3. The highest BCUT2D eigenvalue weighted by Gasteiger charge is 2.29. The van der Waals surface area contributed by atoms with E-state index in [0.29, 0.717) is 58.6 Å². The second-order valence-corrected chi connectivity index (χ2v) is 8.30. The van der Waals surface area contributed by atoms with Gasteiger partial charge in [-0.25, -0.2) is 14.5 Å². The highest BCUT2D eigenvalue weighted by atomic mass is 35.5. The minimum atomic E-state index is -0.282. The summed E-state index contributed by atoms with van der Waals surface area (Å²) >= 11 is 5.94. The lowest BCUT2D eigenvalue weighted by Crippen LogP contribution is -2.41. The number of ether oxygens (including phenoxy) is 1. The maximum atomic E-state index is 13.3. The van der Waals surface area contributed by atoms with Gasteiger partial charge in [-0.15, -0.1) is 0 Å². The number of H-pyrrole nitrogens is 1. The fourth-order valence-corrected chi connectivity index (χ4v) is 4.18. The molecule has 2 N–H and O–H groups in total. The van der Waals surface area contributed by atoms with E-state index in [0.717, 1.165) is 5.56 Å². The summed E-state index contributed by atoms with van der Waals surface area (Å²) in [6, 6.07) is 17.9. The van der Waals surface area contributed by atoms with Gasteiger partial charge in [0.25, 0.3) is 5.56 Å². The number of carbonyl (C=O) groups excluding carboxylic acids is 1. The number of amides is 2. The topological polar surface area (TPSA) is 92.2 Å². The van der Waals surface area contributed by atoms with Gasteiger partial charge in [-0.3, -0.25) is 14.8 Å². The zero-order valence-corrected chi connectivity index (χ0v) is 19.2. The average molecular weight is 476 g/mol. The van der Waals surface area contributed by atoms with E-state index in [1.165, 1.54) is 4.68 Å². The number of rotatable bonds is 4. The lowest BCUT2D eigenvalue weighted by atomic mass is 10.1.